The highest BCUT2D eigenvalue weighted by atomic mass is 35.5. The fraction of sp³-hybridized carbons (Fsp3) is 0.600. The number of aryl methyl sites for hydroxylation is 2. The van der Waals surface area contributed by atoms with Crippen LogP contribution >= 0.6 is 11.6 Å². The van der Waals surface area contributed by atoms with Crippen LogP contribution in [0.2, 0.25) is 5.02 Å². The monoisotopic (exact) mass is 267 g/mol. The average molecular weight is 268 g/mol. The van der Waals surface area contributed by atoms with Crippen molar-refractivity contribution in [3.05, 3.63) is 28.3 Å². The summed E-state index contributed by atoms with van der Waals surface area (Å²) in [5.41, 5.74) is 2.18. The Labute approximate surface area is 115 Å². The molecule has 1 atom stereocenters. The van der Waals surface area contributed by atoms with Crippen molar-refractivity contribution in [3.8, 4) is 5.75 Å². The molecule has 0 spiro atoms. The van der Waals surface area contributed by atoms with Gasteiger partial charge in [0, 0.05) is 5.02 Å². The van der Waals surface area contributed by atoms with Gasteiger partial charge in [-0.05, 0) is 75.4 Å². The molecule has 1 fully saturated rings. The number of ether oxygens (including phenoxy) is 1. The highest BCUT2D eigenvalue weighted by Gasteiger charge is 2.12. The molecule has 0 radical (unpaired) electrons. The summed E-state index contributed by atoms with van der Waals surface area (Å²) in [6, 6.07) is 4.04. The van der Waals surface area contributed by atoms with E-state index >= 15 is 0 Å². The summed E-state index contributed by atoms with van der Waals surface area (Å²) in [4.78, 5) is 0. The molecule has 2 nitrogen and oxygen atoms in total. The molecule has 1 aromatic carbocycles. The van der Waals surface area contributed by atoms with Crippen molar-refractivity contribution < 1.29 is 4.74 Å². The van der Waals surface area contributed by atoms with Crippen LogP contribution in [0.25, 0.3) is 0 Å². The lowest BCUT2D eigenvalue weighted by Gasteiger charge is -2.22. The van der Waals surface area contributed by atoms with Crippen molar-refractivity contribution in [1.29, 1.82) is 0 Å². The Balaban J connectivity index is 1.82. The van der Waals surface area contributed by atoms with Gasteiger partial charge in [-0.1, -0.05) is 11.6 Å². The third-order valence-corrected chi connectivity index (χ3v) is 4.20. The predicted molar refractivity (Wildman–Crippen MR) is 76.6 cm³/mol. The van der Waals surface area contributed by atoms with E-state index in [-0.39, 0.29) is 0 Å². The molecule has 0 unspecified atom stereocenters. The van der Waals surface area contributed by atoms with E-state index < -0.39 is 0 Å². The third-order valence-electron chi connectivity index (χ3n) is 3.60. The summed E-state index contributed by atoms with van der Waals surface area (Å²) >= 11 is 6.14. The van der Waals surface area contributed by atoms with Gasteiger partial charge >= 0.3 is 0 Å². The molecule has 1 aliphatic rings. The van der Waals surface area contributed by atoms with E-state index in [1.54, 1.807) is 0 Å². The number of hydrogen-bond acceptors (Lipinski definition) is 2. The number of rotatable bonds is 4. The van der Waals surface area contributed by atoms with Gasteiger partial charge in [-0.3, -0.25) is 0 Å². The van der Waals surface area contributed by atoms with E-state index in [1.165, 1.54) is 19.4 Å². The van der Waals surface area contributed by atoms with Crippen molar-refractivity contribution in [2.24, 2.45) is 5.92 Å². The van der Waals surface area contributed by atoms with Gasteiger partial charge in [-0.15, -0.1) is 0 Å². The molecule has 2 rings (SSSR count). The Morgan fingerprint density at radius 2 is 2.06 bits per heavy atom. The summed E-state index contributed by atoms with van der Waals surface area (Å²) in [6.45, 7) is 7.16. The molecule has 1 saturated heterocycles. The number of benzene rings is 1. The van der Waals surface area contributed by atoms with Crippen molar-refractivity contribution in [2.45, 2.75) is 33.1 Å². The normalized spacial score (nSPS) is 19.8. The van der Waals surface area contributed by atoms with Gasteiger partial charge in [-0.25, -0.2) is 0 Å². The number of nitrogens with one attached hydrogen (secondary N) is 1. The zero-order valence-electron chi connectivity index (χ0n) is 11.3. The van der Waals surface area contributed by atoms with Crippen LogP contribution in [0, 0.1) is 19.8 Å². The summed E-state index contributed by atoms with van der Waals surface area (Å²) in [7, 11) is 0. The SMILES string of the molecule is Cc1cc(OCC[C@@H]2CCCNC2)cc(C)c1Cl. The van der Waals surface area contributed by atoms with Crippen molar-refractivity contribution in [2.75, 3.05) is 19.7 Å². The molecule has 0 bridgehead atoms. The first-order valence-electron chi connectivity index (χ1n) is 6.77. The molecule has 18 heavy (non-hydrogen) atoms. The largest absolute Gasteiger partial charge is 0.494 e. The molecule has 100 valence electrons. The lowest BCUT2D eigenvalue weighted by atomic mass is 9.97. The quantitative estimate of drug-likeness (QED) is 0.898. The first-order valence-corrected chi connectivity index (χ1v) is 7.15. The van der Waals surface area contributed by atoms with Crippen LogP contribution < -0.4 is 10.1 Å². The number of halogens is 1. The molecule has 1 heterocycles. The molecule has 1 aromatic rings. The Hall–Kier alpha value is -0.730. The minimum absolute atomic E-state index is 0.772. The van der Waals surface area contributed by atoms with E-state index in [2.05, 4.69) is 5.32 Å². The molecule has 0 aromatic heterocycles. The molecule has 1 N–H and O–H groups in total. The molecular weight excluding hydrogens is 246 g/mol. The van der Waals surface area contributed by atoms with E-state index in [0.29, 0.717) is 0 Å². The lowest BCUT2D eigenvalue weighted by Crippen LogP contribution is -2.30. The topological polar surface area (TPSA) is 21.3 Å². The van der Waals surface area contributed by atoms with Crippen LogP contribution in [0.4, 0.5) is 0 Å². The van der Waals surface area contributed by atoms with Crippen LogP contribution in [-0.4, -0.2) is 19.7 Å². The highest BCUT2D eigenvalue weighted by Crippen LogP contribution is 2.26. The maximum Gasteiger partial charge on any atom is 0.119 e. The summed E-state index contributed by atoms with van der Waals surface area (Å²) in [5, 5.41) is 4.28. The minimum Gasteiger partial charge on any atom is -0.494 e. The van der Waals surface area contributed by atoms with Gasteiger partial charge in [0.15, 0.2) is 0 Å². The van der Waals surface area contributed by atoms with Gasteiger partial charge in [0.2, 0.25) is 0 Å². The summed E-state index contributed by atoms with van der Waals surface area (Å²) in [5.74, 6) is 1.71. The Bertz CT molecular complexity index is 376. The Morgan fingerprint density at radius 1 is 1.33 bits per heavy atom. The fourth-order valence-electron chi connectivity index (χ4n) is 2.50. The van der Waals surface area contributed by atoms with Gasteiger partial charge in [0.25, 0.3) is 0 Å². The maximum atomic E-state index is 6.14. The molecule has 0 aliphatic carbocycles. The predicted octanol–water partition coefficient (Wildman–Crippen LogP) is 3.73. The van der Waals surface area contributed by atoms with Gasteiger partial charge in [-0.2, -0.15) is 0 Å². The zero-order valence-corrected chi connectivity index (χ0v) is 12.0. The van der Waals surface area contributed by atoms with Crippen molar-refractivity contribution in [3.63, 3.8) is 0 Å². The second-order valence-corrected chi connectivity index (χ2v) is 5.60. The first-order chi connectivity index (χ1) is 8.66. The molecule has 3 heteroatoms. The van der Waals surface area contributed by atoms with Gasteiger partial charge in [0.05, 0.1) is 6.61 Å². The van der Waals surface area contributed by atoms with Crippen molar-refractivity contribution in [1.82, 2.24) is 5.32 Å². The van der Waals surface area contributed by atoms with Crippen LogP contribution in [0.15, 0.2) is 12.1 Å². The standard InChI is InChI=1S/C15H22ClNO/c1-11-8-14(9-12(2)15(11)16)18-7-5-13-4-3-6-17-10-13/h8-9,13,17H,3-7,10H2,1-2H3/t13-/m0/s1. The number of hydrogen-bond donors (Lipinski definition) is 1. The van der Waals surface area contributed by atoms with Crippen LogP contribution in [0.5, 0.6) is 5.75 Å². The van der Waals surface area contributed by atoms with Crippen LogP contribution in [-0.2, 0) is 0 Å². The van der Waals surface area contributed by atoms with Gasteiger partial charge < -0.3 is 10.1 Å². The van der Waals surface area contributed by atoms with E-state index in [4.69, 9.17) is 16.3 Å². The van der Waals surface area contributed by atoms with E-state index in [1.807, 2.05) is 26.0 Å². The van der Waals surface area contributed by atoms with Gasteiger partial charge in [0.1, 0.15) is 5.75 Å². The van der Waals surface area contributed by atoms with E-state index in [0.717, 1.165) is 47.4 Å². The zero-order chi connectivity index (χ0) is 13.0. The summed E-state index contributed by atoms with van der Waals surface area (Å²) < 4.78 is 5.84. The minimum atomic E-state index is 0.772. The first kappa shape index (κ1) is 13.7. The average Bonchev–Trinajstić information content (AvgIpc) is 2.37. The van der Waals surface area contributed by atoms with Crippen molar-refractivity contribution >= 4 is 11.6 Å². The lowest BCUT2D eigenvalue weighted by molar-refractivity contribution is 0.254. The fourth-order valence-corrected chi connectivity index (χ4v) is 2.61. The van der Waals surface area contributed by atoms with Crippen LogP contribution in [0.1, 0.15) is 30.4 Å². The smallest absolute Gasteiger partial charge is 0.119 e. The third kappa shape index (κ3) is 3.63. The van der Waals surface area contributed by atoms with Crippen LogP contribution in [0.3, 0.4) is 0 Å². The second kappa shape index (κ2) is 6.44. The Morgan fingerprint density at radius 3 is 2.67 bits per heavy atom. The maximum absolute atomic E-state index is 6.14. The Kier molecular flexibility index (Phi) is 4.90. The molecule has 1 aliphatic heterocycles. The second-order valence-electron chi connectivity index (χ2n) is 5.22. The molecular formula is C15H22ClNO. The summed E-state index contributed by atoms with van der Waals surface area (Å²) in [6.07, 6.45) is 3.76. The van der Waals surface area contributed by atoms with E-state index in [9.17, 15) is 0 Å². The molecule has 0 amide bonds. The highest BCUT2D eigenvalue weighted by molar-refractivity contribution is 6.32. The number of piperidine rings is 1. The molecule has 0 saturated carbocycles.